The van der Waals surface area contributed by atoms with Crippen LogP contribution in [-0.4, -0.2) is 37.4 Å². The van der Waals surface area contributed by atoms with Crippen LogP contribution in [0, 0.1) is 0 Å². The van der Waals surface area contributed by atoms with Gasteiger partial charge in [-0.3, -0.25) is 4.79 Å². The SMILES string of the molecule is CN1CCCC1COc1cccc(C=O)c1. The van der Waals surface area contributed by atoms with Gasteiger partial charge in [0.15, 0.2) is 0 Å². The topological polar surface area (TPSA) is 29.5 Å². The first-order valence-electron chi connectivity index (χ1n) is 5.68. The second kappa shape index (κ2) is 5.12. The van der Waals surface area contributed by atoms with E-state index in [-0.39, 0.29) is 0 Å². The number of carbonyl (C=O) groups excluding carboxylic acids is 1. The summed E-state index contributed by atoms with van der Waals surface area (Å²) in [5, 5.41) is 0. The van der Waals surface area contributed by atoms with E-state index in [9.17, 15) is 4.79 Å². The van der Waals surface area contributed by atoms with Crippen LogP contribution in [0.1, 0.15) is 23.2 Å². The van der Waals surface area contributed by atoms with Crippen molar-refractivity contribution in [3.8, 4) is 5.75 Å². The molecule has 1 atom stereocenters. The summed E-state index contributed by atoms with van der Waals surface area (Å²) in [7, 11) is 2.13. The molecule has 0 amide bonds. The van der Waals surface area contributed by atoms with Crippen LogP contribution in [0.15, 0.2) is 24.3 Å². The van der Waals surface area contributed by atoms with Crippen LogP contribution in [0.2, 0.25) is 0 Å². The summed E-state index contributed by atoms with van der Waals surface area (Å²) in [4.78, 5) is 12.9. The number of ether oxygens (including phenoxy) is 1. The molecule has 1 fully saturated rings. The van der Waals surface area contributed by atoms with Gasteiger partial charge < -0.3 is 9.64 Å². The number of hydrogen-bond acceptors (Lipinski definition) is 3. The first kappa shape index (κ1) is 11.1. The van der Waals surface area contributed by atoms with E-state index in [1.54, 1.807) is 12.1 Å². The maximum atomic E-state index is 10.6. The smallest absolute Gasteiger partial charge is 0.150 e. The second-order valence-corrected chi connectivity index (χ2v) is 4.28. The van der Waals surface area contributed by atoms with Gasteiger partial charge in [0.1, 0.15) is 18.6 Å². The number of carbonyl (C=O) groups is 1. The number of hydrogen-bond donors (Lipinski definition) is 0. The van der Waals surface area contributed by atoms with Crippen LogP contribution in [0.3, 0.4) is 0 Å². The minimum Gasteiger partial charge on any atom is -0.492 e. The van der Waals surface area contributed by atoms with E-state index in [1.807, 2.05) is 12.1 Å². The minimum atomic E-state index is 0.514. The number of benzene rings is 1. The van der Waals surface area contributed by atoms with Crippen molar-refractivity contribution in [3.05, 3.63) is 29.8 Å². The van der Waals surface area contributed by atoms with Gasteiger partial charge in [0.25, 0.3) is 0 Å². The first-order chi connectivity index (χ1) is 7.79. The lowest BCUT2D eigenvalue weighted by molar-refractivity contribution is 0.112. The van der Waals surface area contributed by atoms with Crippen molar-refractivity contribution >= 4 is 6.29 Å². The zero-order valence-electron chi connectivity index (χ0n) is 9.56. The Labute approximate surface area is 96.0 Å². The molecule has 1 aliphatic rings. The molecule has 0 aliphatic carbocycles. The normalized spacial score (nSPS) is 20.9. The van der Waals surface area contributed by atoms with Gasteiger partial charge in [-0.2, -0.15) is 0 Å². The summed E-state index contributed by atoms with van der Waals surface area (Å²) < 4.78 is 5.70. The largest absolute Gasteiger partial charge is 0.492 e. The number of nitrogens with zero attached hydrogens (tertiary/aromatic N) is 1. The predicted octanol–water partition coefficient (Wildman–Crippen LogP) is 1.97. The molecule has 3 heteroatoms. The third kappa shape index (κ3) is 2.61. The molecule has 0 radical (unpaired) electrons. The van der Waals surface area contributed by atoms with Gasteiger partial charge in [-0.15, -0.1) is 0 Å². The Morgan fingerprint density at radius 2 is 2.44 bits per heavy atom. The molecule has 16 heavy (non-hydrogen) atoms. The van der Waals surface area contributed by atoms with Crippen molar-refractivity contribution in [3.63, 3.8) is 0 Å². The Morgan fingerprint density at radius 3 is 3.12 bits per heavy atom. The summed E-state index contributed by atoms with van der Waals surface area (Å²) in [6.07, 6.45) is 3.29. The van der Waals surface area contributed by atoms with E-state index >= 15 is 0 Å². The summed E-state index contributed by atoms with van der Waals surface area (Å²) in [5.74, 6) is 0.782. The third-order valence-electron chi connectivity index (χ3n) is 3.11. The third-order valence-corrected chi connectivity index (χ3v) is 3.11. The second-order valence-electron chi connectivity index (χ2n) is 4.28. The van der Waals surface area contributed by atoms with Crippen LogP contribution in [0.5, 0.6) is 5.75 Å². The Balaban J connectivity index is 1.91. The molecular formula is C13H17NO2. The van der Waals surface area contributed by atoms with Gasteiger partial charge in [0.2, 0.25) is 0 Å². The lowest BCUT2D eigenvalue weighted by Gasteiger charge is -2.19. The van der Waals surface area contributed by atoms with Crippen LogP contribution in [-0.2, 0) is 0 Å². The fourth-order valence-electron chi connectivity index (χ4n) is 2.06. The molecule has 1 aliphatic heterocycles. The van der Waals surface area contributed by atoms with Crippen LogP contribution < -0.4 is 4.74 Å². The van der Waals surface area contributed by atoms with E-state index in [4.69, 9.17) is 4.74 Å². The van der Waals surface area contributed by atoms with Crippen molar-refractivity contribution in [1.29, 1.82) is 0 Å². The highest BCUT2D eigenvalue weighted by Crippen LogP contribution is 2.17. The molecule has 0 aromatic heterocycles. The molecule has 1 heterocycles. The Morgan fingerprint density at radius 1 is 1.56 bits per heavy atom. The lowest BCUT2D eigenvalue weighted by Crippen LogP contribution is -2.30. The minimum absolute atomic E-state index is 0.514. The summed E-state index contributed by atoms with van der Waals surface area (Å²) in [5.41, 5.74) is 0.664. The Bertz CT molecular complexity index is 365. The fourth-order valence-corrected chi connectivity index (χ4v) is 2.06. The highest BCUT2D eigenvalue weighted by molar-refractivity contribution is 5.75. The number of likely N-dealkylation sites (tertiary alicyclic amines) is 1. The van der Waals surface area contributed by atoms with Crippen molar-refractivity contribution in [2.45, 2.75) is 18.9 Å². The average molecular weight is 219 g/mol. The van der Waals surface area contributed by atoms with Crippen molar-refractivity contribution in [2.24, 2.45) is 0 Å². The first-order valence-corrected chi connectivity index (χ1v) is 5.68. The molecular weight excluding hydrogens is 202 g/mol. The van der Waals surface area contributed by atoms with Gasteiger partial charge in [-0.05, 0) is 38.6 Å². The van der Waals surface area contributed by atoms with E-state index in [0.29, 0.717) is 18.2 Å². The molecule has 0 bridgehead atoms. The molecule has 1 unspecified atom stereocenters. The Kier molecular flexibility index (Phi) is 3.57. The van der Waals surface area contributed by atoms with Crippen LogP contribution >= 0.6 is 0 Å². The zero-order valence-corrected chi connectivity index (χ0v) is 9.56. The van der Waals surface area contributed by atoms with E-state index < -0.39 is 0 Å². The molecule has 1 aromatic rings. The molecule has 0 saturated carbocycles. The van der Waals surface area contributed by atoms with E-state index in [0.717, 1.165) is 18.6 Å². The van der Waals surface area contributed by atoms with Crippen LogP contribution in [0.4, 0.5) is 0 Å². The summed E-state index contributed by atoms with van der Waals surface area (Å²) >= 11 is 0. The maximum absolute atomic E-state index is 10.6. The van der Waals surface area contributed by atoms with E-state index in [2.05, 4.69) is 11.9 Å². The van der Waals surface area contributed by atoms with Crippen LogP contribution in [0.25, 0.3) is 0 Å². The summed E-state index contributed by atoms with van der Waals surface area (Å²) in [6, 6.07) is 7.81. The van der Waals surface area contributed by atoms with Crippen molar-refractivity contribution in [2.75, 3.05) is 20.2 Å². The number of rotatable bonds is 4. The number of aldehydes is 1. The molecule has 0 N–H and O–H groups in total. The van der Waals surface area contributed by atoms with Gasteiger partial charge in [0, 0.05) is 11.6 Å². The van der Waals surface area contributed by atoms with E-state index in [1.165, 1.54) is 12.8 Å². The predicted molar refractivity (Wildman–Crippen MR) is 63.0 cm³/mol. The molecule has 1 saturated heterocycles. The van der Waals surface area contributed by atoms with Gasteiger partial charge in [-0.1, -0.05) is 12.1 Å². The van der Waals surface area contributed by atoms with Crippen molar-refractivity contribution in [1.82, 2.24) is 4.90 Å². The molecule has 0 spiro atoms. The summed E-state index contributed by atoms with van der Waals surface area (Å²) in [6.45, 7) is 1.86. The molecule has 1 aromatic carbocycles. The maximum Gasteiger partial charge on any atom is 0.150 e. The van der Waals surface area contributed by atoms with Crippen molar-refractivity contribution < 1.29 is 9.53 Å². The molecule has 2 rings (SSSR count). The quantitative estimate of drug-likeness (QED) is 0.725. The highest BCUT2D eigenvalue weighted by Gasteiger charge is 2.21. The highest BCUT2D eigenvalue weighted by atomic mass is 16.5. The molecule has 3 nitrogen and oxygen atoms in total. The average Bonchev–Trinajstić information content (AvgIpc) is 2.72. The monoisotopic (exact) mass is 219 g/mol. The molecule has 86 valence electrons. The van der Waals surface area contributed by atoms with Gasteiger partial charge >= 0.3 is 0 Å². The van der Waals surface area contributed by atoms with Gasteiger partial charge in [0.05, 0.1) is 0 Å². The standard InChI is InChI=1S/C13H17NO2/c1-14-7-3-5-12(14)10-16-13-6-2-4-11(8-13)9-15/h2,4,6,8-9,12H,3,5,7,10H2,1H3. The number of likely N-dealkylation sites (N-methyl/N-ethyl adjacent to an activating group) is 1. The Hall–Kier alpha value is -1.35. The van der Waals surface area contributed by atoms with Gasteiger partial charge in [-0.25, -0.2) is 0 Å². The fraction of sp³-hybridized carbons (Fsp3) is 0.462. The zero-order chi connectivity index (χ0) is 11.4. The lowest BCUT2D eigenvalue weighted by atomic mass is 10.2.